The number of rotatable bonds is 12. The minimum Gasteiger partial charge on any atom is -0.309 e. The Kier molecular flexibility index (Phi) is 10.1. The zero-order chi connectivity index (χ0) is 33.6. The molecule has 246 valence electrons. The second-order valence-corrected chi connectivity index (χ2v) is 12.9. The predicted molar refractivity (Wildman–Crippen MR) is 189 cm³/mol. The maximum absolute atomic E-state index is 15.2. The van der Waals surface area contributed by atoms with Crippen molar-refractivity contribution in [3.8, 4) is 0 Å². The first-order valence-electron chi connectivity index (χ1n) is 17.2. The van der Waals surface area contributed by atoms with Crippen LogP contribution in [0.4, 0.5) is 11.4 Å². The van der Waals surface area contributed by atoms with E-state index in [1.54, 1.807) is 29.2 Å². The third-order valence-corrected chi connectivity index (χ3v) is 9.60. The first kappa shape index (κ1) is 32.9. The van der Waals surface area contributed by atoms with Crippen LogP contribution >= 0.6 is 0 Å². The summed E-state index contributed by atoms with van der Waals surface area (Å²) in [4.78, 5) is 61.5. The lowest BCUT2D eigenvalue weighted by Crippen LogP contribution is -2.55. The Labute approximate surface area is 283 Å². The van der Waals surface area contributed by atoms with Gasteiger partial charge in [0.2, 0.25) is 5.91 Å². The summed E-state index contributed by atoms with van der Waals surface area (Å²) in [5.41, 5.74) is 3.79. The largest absolute Gasteiger partial charge is 0.309 e. The minimum atomic E-state index is -1.09. The van der Waals surface area contributed by atoms with Gasteiger partial charge in [0.05, 0.1) is 17.2 Å². The van der Waals surface area contributed by atoms with E-state index in [1.165, 1.54) is 6.42 Å². The molecule has 7 heteroatoms. The molecule has 0 aliphatic carbocycles. The molecule has 0 fully saturated rings. The summed E-state index contributed by atoms with van der Waals surface area (Å²) in [5, 5.41) is 0. The van der Waals surface area contributed by atoms with Gasteiger partial charge in [0, 0.05) is 30.3 Å². The van der Waals surface area contributed by atoms with Crippen molar-refractivity contribution in [1.29, 1.82) is 0 Å². The first-order valence-corrected chi connectivity index (χ1v) is 17.2. The highest BCUT2D eigenvalue weighted by Gasteiger charge is 2.46. The number of carbonyl (C=O) groups excluding carboxylic acids is 4. The molecule has 4 amide bonds. The van der Waals surface area contributed by atoms with Crippen LogP contribution in [0.15, 0.2) is 109 Å². The molecule has 0 N–H and O–H groups in total. The fourth-order valence-electron chi connectivity index (χ4n) is 7.23. The van der Waals surface area contributed by atoms with Gasteiger partial charge in [0.25, 0.3) is 17.7 Å². The van der Waals surface area contributed by atoms with Gasteiger partial charge in [0.15, 0.2) is 0 Å². The average Bonchev–Trinajstić information content (AvgIpc) is 3.36. The number of hydrogen-bond donors (Lipinski definition) is 0. The molecular formula is C41H43N3O4. The topological polar surface area (TPSA) is 78.0 Å². The van der Waals surface area contributed by atoms with Gasteiger partial charge in [-0.25, -0.2) is 0 Å². The van der Waals surface area contributed by atoms with Crippen molar-refractivity contribution in [3.05, 3.63) is 131 Å². The van der Waals surface area contributed by atoms with E-state index < -0.39 is 23.9 Å². The minimum absolute atomic E-state index is 0.0930. The Morgan fingerprint density at radius 2 is 1.33 bits per heavy atom. The van der Waals surface area contributed by atoms with E-state index in [0.29, 0.717) is 29.7 Å². The van der Waals surface area contributed by atoms with Gasteiger partial charge < -0.3 is 9.80 Å². The van der Waals surface area contributed by atoms with Crippen LogP contribution in [0.1, 0.15) is 96.7 Å². The van der Waals surface area contributed by atoms with Gasteiger partial charge in [-0.15, -0.1) is 0 Å². The molecule has 4 aromatic rings. The third kappa shape index (κ3) is 6.55. The van der Waals surface area contributed by atoms with Crippen molar-refractivity contribution < 1.29 is 19.2 Å². The molecule has 0 saturated carbocycles. The van der Waals surface area contributed by atoms with E-state index in [1.807, 2.05) is 96.8 Å². The molecule has 4 aromatic carbocycles. The standard InChI is InChI=1S/C41H43N3O4/c1-3-4-5-6-13-26-38(45)42-29(2)27-36(34-24-16-17-25-35(34)42)43(31-20-11-8-12-21-31)41(48)37(28-30-18-9-7-10-19-30)44-39(46)32-22-14-15-23-33(32)40(44)47/h7-12,14-25,29,36-37H,3-6,13,26-28H2,1-2H3/t29-,36+,37+/m0/s1. The summed E-state index contributed by atoms with van der Waals surface area (Å²) in [6, 6.07) is 31.8. The highest BCUT2D eigenvalue weighted by atomic mass is 16.2. The Balaban J connectivity index is 1.40. The molecule has 0 saturated heterocycles. The molecule has 3 atom stereocenters. The molecular weight excluding hydrogens is 598 g/mol. The summed E-state index contributed by atoms with van der Waals surface area (Å²) in [7, 11) is 0. The lowest BCUT2D eigenvalue weighted by Gasteiger charge is -2.45. The number of amides is 4. The highest BCUT2D eigenvalue weighted by Crippen LogP contribution is 2.43. The van der Waals surface area contributed by atoms with Crippen LogP contribution in [0.2, 0.25) is 0 Å². The van der Waals surface area contributed by atoms with Gasteiger partial charge in [-0.3, -0.25) is 24.1 Å². The molecule has 2 aliphatic rings. The number of carbonyl (C=O) groups is 4. The lowest BCUT2D eigenvalue weighted by atomic mass is 9.88. The number of nitrogens with zero attached hydrogens (tertiary/aromatic N) is 3. The van der Waals surface area contributed by atoms with Crippen LogP contribution in [0.5, 0.6) is 0 Å². The van der Waals surface area contributed by atoms with Gasteiger partial charge in [-0.1, -0.05) is 111 Å². The van der Waals surface area contributed by atoms with Crippen LogP contribution in [0.3, 0.4) is 0 Å². The van der Waals surface area contributed by atoms with E-state index >= 15 is 4.79 Å². The van der Waals surface area contributed by atoms with E-state index in [-0.39, 0.29) is 24.3 Å². The SMILES string of the molecule is CCCCCCCC(=O)N1c2ccccc2[C@H](N(C(=O)[C@@H](Cc2ccccc2)N2C(=O)c3ccccc3C2=O)c2ccccc2)C[C@@H]1C. The first-order chi connectivity index (χ1) is 23.4. The van der Waals surface area contributed by atoms with Crippen LogP contribution < -0.4 is 9.80 Å². The molecule has 48 heavy (non-hydrogen) atoms. The average molecular weight is 642 g/mol. The van der Waals surface area contributed by atoms with Crippen molar-refractivity contribution in [2.75, 3.05) is 9.80 Å². The van der Waals surface area contributed by atoms with Crippen LogP contribution in [0, 0.1) is 0 Å². The summed E-state index contributed by atoms with van der Waals surface area (Å²) < 4.78 is 0. The van der Waals surface area contributed by atoms with Crippen molar-refractivity contribution in [2.45, 2.75) is 83.3 Å². The molecule has 2 aliphatic heterocycles. The van der Waals surface area contributed by atoms with Crippen molar-refractivity contribution in [2.24, 2.45) is 0 Å². The number of benzene rings is 4. The van der Waals surface area contributed by atoms with E-state index in [4.69, 9.17) is 0 Å². The number of hydrogen-bond acceptors (Lipinski definition) is 4. The Morgan fingerprint density at radius 1 is 0.750 bits per heavy atom. The Hall–Kier alpha value is -5.04. The predicted octanol–water partition coefficient (Wildman–Crippen LogP) is 8.15. The molecule has 2 heterocycles. The maximum Gasteiger partial charge on any atom is 0.262 e. The number of para-hydroxylation sites is 2. The fraction of sp³-hybridized carbons (Fsp3) is 0.317. The molecule has 0 unspecified atom stereocenters. The Morgan fingerprint density at radius 3 is 2.00 bits per heavy atom. The number of imide groups is 1. The Bertz CT molecular complexity index is 1740. The molecule has 0 spiro atoms. The molecule has 0 radical (unpaired) electrons. The summed E-state index contributed by atoms with van der Waals surface area (Å²) in [5.74, 6) is -1.19. The van der Waals surface area contributed by atoms with Crippen LogP contribution in [-0.4, -0.2) is 40.6 Å². The second-order valence-electron chi connectivity index (χ2n) is 12.9. The van der Waals surface area contributed by atoms with Crippen molar-refractivity contribution in [1.82, 2.24) is 4.90 Å². The maximum atomic E-state index is 15.2. The summed E-state index contributed by atoms with van der Waals surface area (Å²) in [6.45, 7) is 4.22. The van der Waals surface area contributed by atoms with Gasteiger partial charge >= 0.3 is 0 Å². The molecule has 0 aromatic heterocycles. The number of fused-ring (bicyclic) bond motifs is 2. The van der Waals surface area contributed by atoms with E-state index in [0.717, 1.165) is 47.4 Å². The second kappa shape index (κ2) is 14.8. The zero-order valence-electron chi connectivity index (χ0n) is 27.8. The van der Waals surface area contributed by atoms with Crippen molar-refractivity contribution in [3.63, 3.8) is 0 Å². The van der Waals surface area contributed by atoms with Crippen LogP contribution in [0.25, 0.3) is 0 Å². The van der Waals surface area contributed by atoms with Crippen LogP contribution in [-0.2, 0) is 16.0 Å². The lowest BCUT2D eigenvalue weighted by molar-refractivity contribution is -0.123. The third-order valence-electron chi connectivity index (χ3n) is 9.60. The molecule has 0 bridgehead atoms. The quantitative estimate of drug-likeness (QED) is 0.116. The van der Waals surface area contributed by atoms with Gasteiger partial charge in [-0.05, 0) is 61.2 Å². The molecule has 6 rings (SSSR count). The van der Waals surface area contributed by atoms with E-state index in [9.17, 15) is 14.4 Å². The monoisotopic (exact) mass is 641 g/mol. The summed E-state index contributed by atoms with van der Waals surface area (Å²) >= 11 is 0. The fourth-order valence-corrected chi connectivity index (χ4v) is 7.23. The smallest absolute Gasteiger partial charge is 0.262 e. The van der Waals surface area contributed by atoms with Crippen molar-refractivity contribution >= 4 is 35.0 Å². The van der Waals surface area contributed by atoms with E-state index in [2.05, 4.69) is 6.92 Å². The highest BCUT2D eigenvalue weighted by molar-refractivity contribution is 6.23. The molecule has 7 nitrogen and oxygen atoms in total. The normalized spacial score (nSPS) is 17.5. The summed E-state index contributed by atoms with van der Waals surface area (Å²) in [6.07, 6.45) is 6.49. The number of unbranched alkanes of at least 4 members (excludes halogenated alkanes) is 4. The van der Waals surface area contributed by atoms with Gasteiger partial charge in [0.1, 0.15) is 6.04 Å². The zero-order valence-corrected chi connectivity index (χ0v) is 27.8. The number of anilines is 2. The van der Waals surface area contributed by atoms with Gasteiger partial charge in [-0.2, -0.15) is 0 Å².